The van der Waals surface area contributed by atoms with Gasteiger partial charge in [-0.15, -0.1) is 0 Å². The number of halogens is 9. The molecule has 2 aliphatic rings. The molecule has 2 fully saturated rings. The van der Waals surface area contributed by atoms with Crippen LogP contribution in [0, 0.1) is 0 Å². The van der Waals surface area contributed by atoms with Gasteiger partial charge in [0.15, 0.2) is 5.82 Å². The SMILES string of the molecule is Cn1cc(-c2cnc(N(Cc3cc(C(F)(F)F)cc(C(F)(F)F)c3)[C@H]3CCN(c4nc(N5CCC(F)(F)CC5)ncc4Cl)C3)nc2)cn1. The fraction of sp³-hybridized carbons (Fsp3) is 0.433. The Kier molecular flexibility index (Phi) is 8.85. The lowest BCUT2D eigenvalue weighted by molar-refractivity contribution is -0.143. The van der Waals surface area contributed by atoms with Gasteiger partial charge in [-0.2, -0.15) is 36.4 Å². The largest absolute Gasteiger partial charge is 0.416 e. The lowest BCUT2D eigenvalue weighted by atomic mass is 10.0. The first-order valence-corrected chi connectivity index (χ1v) is 15.2. The minimum atomic E-state index is -5.02. The Labute approximate surface area is 274 Å². The molecule has 256 valence electrons. The van der Waals surface area contributed by atoms with Gasteiger partial charge >= 0.3 is 12.4 Å². The second kappa shape index (κ2) is 12.6. The van der Waals surface area contributed by atoms with E-state index >= 15 is 0 Å². The monoisotopic (exact) mass is 701 g/mol. The number of piperidine rings is 1. The van der Waals surface area contributed by atoms with Crippen molar-refractivity contribution >= 4 is 29.3 Å². The molecule has 2 saturated heterocycles. The highest BCUT2D eigenvalue weighted by molar-refractivity contribution is 6.32. The molecule has 18 heteroatoms. The number of hydrogen-bond acceptors (Lipinski definition) is 8. The van der Waals surface area contributed by atoms with Crippen LogP contribution in [0.3, 0.4) is 0 Å². The quantitative estimate of drug-likeness (QED) is 0.193. The van der Waals surface area contributed by atoms with Gasteiger partial charge in [0.05, 0.1) is 29.6 Å². The molecule has 4 aromatic rings. The molecule has 0 N–H and O–H groups in total. The first-order chi connectivity index (χ1) is 22.6. The molecule has 1 atom stereocenters. The second-order valence-corrected chi connectivity index (χ2v) is 12.2. The third-order valence-corrected chi connectivity index (χ3v) is 8.59. The summed E-state index contributed by atoms with van der Waals surface area (Å²) in [6.45, 7) is 0.288. The van der Waals surface area contributed by atoms with Gasteiger partial charge in [0.2, 0.25) is 11.9 Å². The molecule has 1 aromatic carbocycles. The number of nitrogens with zero attached hydrogens (tertiary/aromatic N) is 9. The van der Waals surface area contributed by atoms with Gasteiger partial charge < -0.3 is 14.7 Å². The number of rotatable bonds is 7. The van der Waals surface area contributed by atoms with E-state index in [1.165, 1.54) is 18.6 Å². The summed E-state index contributed by atoms with van der Waals surface area (Å²) in [5.41, 5.74) is -1.77. The highest BCUT2D eigenvalue weighted by Crippen LogP contribution is 2.38. The average Bonchev–Trinajstić information content (AvgIpc) is 3.69. The molecule has 6 rings (SSSR count). The number of hydrogen-bond donors (Lipinski definition) is 0. The molecule has 0 aliphatic carbocycles. The standard InChI is InChI=1S/C30H28ClF8N9/c1-45-16-20(13-43-45)19-11-40-26(41-12-19)48(15-18-8-21(29(34,35)36)10-22(9-18)30(37,38)39)23-2-5-47(17-23)25-24(31)14-42-27(44-25)46-6-3-28(32,33)4-7-46/h8-14,16,23H,2-7,15,17H2,1H3/t23-/m0/s1. The molecule has 0 bridgehead atoms. The molecule has 0 spiro atoms. The molecule has 0 radical (unpaired) electrons. The number of benzene rings is 1. The van der Waals surface area contributed by atoms with E-state index in [1.54, 1.807) is 38.8 Å². The van der Waals surface area contributed by atoms with E-state index in [0.29, 0.717) is 42.0 Å². The lowest BCUT2D eigenvalue weighted by Gasteiger charge is -2.32. The van der Waals surface area contributed by atoms with Crippen LogP contribution in [0.1, 0.15) is 36.0 Å². The van der Waals surface area contributed by atoms with Crippen molar-refractivity contribution < 1.29 is 35.1 Å². The fourth-order valence-electron chi connectivity index (χ4n) is 5.81. The highest BCUT2D eigenvalue weighted by Gasteiger charge is 2.39. The summed E-state index contributed by atoms with van der Waals surface area (Å²) in [6.07, 6.45) is -2.62. The zero-order chi connectivity index (χ0) is 34.4. The molecule has 0 unspecified atom stereocenters. The van der Waals surface area contributed by atoms with E-state index in [1.807, 2.05) is 0 Å². The molecule has 0 amide bonds. The van der Waals surface area contributed by atoms with Gasteiger partial charge in [-0.25, -0.2) is 23.7 Å². The Balaban J connectivity index is 1.31. The smallest absolute Gasteiger partial charge is 0.353 e. The lowest BCUT2D eigenvalue weighted by Crippen LogP contribution is -2.40. The summed E-state index contributed by atoms with van der Waals surface area (Å²) in [5, 5.41) is 4.31. The minimum absolute atomic E-state index is 0.0494. The molecule has 5 heterocycles. The Morgan fingerprint density at radius 3 is 2.08 bits per heavy atom. The zero-order valence-electron chi connectivity index (χ0n) is 25.3. The van der Waals surface area contributed by atoms with Crippen LogP contribution in [0.5, 0.6) is 0 Å². The van der Waals surface area contributed by atoms with Crippen LogP contribution in [-0.4, -0.2) is 67.9 Å². The normalized spacial score (nSPS) is 18.4. The van der Waals surface area contributed by atoms with E-state index in [2.05, 4.69) is 25.0 Å². The molecule has 0 saturated carbocycles. The Bertz CT molecular complexity index is 1720. The van der Waals surface area contributed by atoms with Crippen LogP contribution in [0.2, 0.25) is 5.02 Å². The number of anilines is 3. The summed E-state index contributed by atoms with van der Waals surface area (Å²) < 4.78 is 111. The summed E-state index contributed by atoms with van der Waals surface area (Å²) in [4.78, 5) is 22.7. The number of aromatic nitrogens is 6. The van der Waals surface area contributed by atoms with Gasteiger partial charge in [-0.3, -0.25) is 4.68 Å². The summed E-state index contributed by atoms with van der Waals surface area (Å²) in [6, 6.07) is 0.965. The summed E-state index contributed by atoms with van der Waals surface area (Å²) >= 11 is 6.47. The van der Waals surface area contributed by atoms with E-state index in [0.717, 1.165) is 0 Å². The van der Waals surface area contributed by atoms with Crippen molar-refractivity contribution in [2.75, 3.05) is 40.9 Å². The average molecular weight is 702 g/mol. The van der Waals surface area contributed by atoms with E-state index in [9.17, 15) is 35.1 Å². The van der Waals surface area contributed by atoms with Gasteiger partial charge in [0.1, 0.15) is 5.02 Å². The van der Waals surface area contributed by atoms with E-state index < -0.39 is 35.4 Å². The molecule has 2 aliphatic heterocycles. The molecule has 3 aromatic heterocycles. The maximum atomic E-state index is 13.7. The van der Waals surface area contributed by atoms with Crippen molar-refractivity contribution in [2.45, 2.75) is 50.1 Å². The number of alkyl halides is 8. The van der Waals surface area contributed by atoms with Gasteiger partial charge in [0, 0.05) is 82.3 Å². The molecule has 9 nitrogen and oxygen atoms in total. The van der Waals surface area contributed by atoms with Crippen LogP contribution < -0.4 is 14.7 Å². The molecular weight excluding hydrogens is 674 g/mol. The predicted molar refractivity (Wildman–Crippen MR) is 161 cm³/mol. The molecule has 48 heavy (non-hydrogen) atoms. The molecular formula is C30H28ClF8N9. The van der Waals surface area contributed by atoms with Crippen LogP contribution in [0.25, 0.3) is 11.1 Å². The predicted octanol–water partition coefficient (Wildman–Crippen LogP) is 6.88. The zero-order valence-corrected chi connectivity index (χ0v) is 26.0. The minimum Gasteiger partial charge on any atom is -0.353 e. The summed E-state index contributed by atoms with van der Waals surface area (Å²) in [5.74, 6) is -2.13. The van der Waals surface area contributed by atoms with Crippen LogP contribution in [-0.2, 0) is 25.9 Å². The first kappa shape index (κ1) is 33.6. The second-order valence-electron chi connectivity index (χ2n) is 11.8. The van der Waals surface area contributed by atoms with Gasteiger partial charge in [-0.05, 0) is 30.2 Å². The number of aryl methyl sites for hydroxylation is 1. The topological polar surface area (TPSA) is 79.1 Å². The third-order valence-electron chi connectivity index (χ3n) is 8.33. The van der Waals surface area contributed by atoms with Crippen molar-refractivity contribution in [3.05, 3.63) is 70.9 Å². The van der Waals surface area contributed by atoms with E-state index in [-0.39, 0.29) is 67.6 Å². The van der Waals surface area contributed by atoms with Crippen molar-refractivity contribution in [1.29, 1.82) is 0 Å². The van der Waals surface area contributed by atoms with Gasteiger partial charge in [-0.1, -0.05) is 11.6 Å². The first-order valence-electron chi connectivity index (χ1n) is 14.8. The summed E-state index contributed by atoms with van der Waals surface area (Å²) in [7, 11) is 1.73. The van der Waals surface area contributed by atoms with Crippen molar-refractivity contribution in [3.63, 3.8) is 0 Å². The van der Waals surface area contributed by atoms with Crippen molar-refractivity contribution in [3.8, 4) is 11.1 Å². The van der Waals surface area contributed by atoms with Crippen molar-refractivity contribution in [2.24, 2.45) is 7.05 Å². The Morgan fingerprint density at radius 1 is 0.854 bits per heavy atom. The van der Waals surface area contributed by atoms with Crippen LogP contribution in [0.4, 0.5) is 52.8 Å². The Morgan fingerprint density at radius 2 is 1.50 bits per heavy atom. The third kappa shape index (κ3) is 7.39. The fourth-order valence-corrected chi connectivity index (χ4v) is 6.02. The van der Waals surface area contributed by atoms with Crippen LogP contribution in [0.15, 0.2) is 49.2 Å². The van der Waals surface area contributed by atoms with Gasteiger partial charge in [0.25, 0.3) is 5.92 Å². The van der Waals surface area contributed by atoms with Crippen molar-refractivity contribution in [1.82, 2.24) is 29.7 Å². The Hall–Kier alpha value is -4.28. The van der Waals surface area contributed by atoms with Crippen LogP contribution >= 0.6 is 11.6 Å². The maximum absolute atomic E-state index is 13.7. The highest BCUT2D eigenvalue weighted by atomic mass is 35.5. The van der Waals surface area contributed by atoms with E-state index in [4.69, 9.17) is 11.6 Å². The maximum Gasteiger partial charge on any atom is 0.416 e.